The molecule has 0 fully saturated rings. The summed E-state index contributed by atoms with van der Waals surface area (Å²) in [4.78, 5) is 12.7. The number of carbonyl (C=O) groups is 1. The molecule has 4 nitrogen and oxygen atoms in total. The van der Waals surface area contributed by atoms with Gasteiger partial charge in [-0.1, -0.05) is 54.6 Å². The Morgan fingerprint density at radius 1 is 0.880 bits per heavy atom. The highest BCUT2D eigenvalue weighted by Gasteiger charge is 2.15. The largest absolute Gasteiger partial charge is 0.454 e. The molecular weight excluding hydrogens is 314 g/mol. The number of ether oxygens (including phenoxy) is 2. The molecule has 1 aliphatic heterocycles. The van der Waals surface area contributed by atoms with Crippen molar-refractivity contribution in [1.29, 1.82) is 0 Å². The SMILES string of the molecule is O=C(NCc1ccc2c(c1)OCO2)c1ccccc1-c1ccccc1. The van der Waals surface area contributed by atoms with Crippen LogP contribution in [-0.2, 0) is 6.54 Å². The normalized spacial score (nSPS) is 12.0. The summed E-state index contributed by atoms with van der Waals surface area (Å²) in [5, 5.41) is 2.98. The second kappa shape index (κ2) is 6.69. The zero-order chi connectivity index (χ0) is 17.1. The highest BCUT2D eigenvalue weighted by Crippen LogP contribution is 2.32. The topological polar surface area (TPSA) is 47.6 Å². The highest BCUT2D eigenvalue weighted by atomic mass is 16.7. The first kappa shape index (κ1) is 15.3. The number of fused-ring (bicyclic) bond motifs is 1. The molecule has 1 aliphatic rings. The summed E-state index contributed by atoms with van der Waals surface area (Å²) in [7, 11) is 0. The third-order valence-corrected chi connectivity index (χ3v) is 4.15. The fourth-order valence-electron chi connectivity index (χ4n) is 2.88. The van der Waals surface area contributed by atoms with Gasteiger partial charge in [-0.15, -0.1) is 0 Å². The second-order valence-electron chi connectivity index (χ2n) is 5.78. The first-order valence-electron chi connectivity index (χ1n) is 8.12. The molecule has 0 spiro atoms. The van der Waals surface area contributed by atoms with E-state index in [2.05, 4.69) is 5.32 Å². The van der Waals surface area contributed by atoms with Crippen LogP contribution in [0.2, 0.25) is 0 Å². The lowest BCUT2D eigenvalue weighted by molar-refractivity contribution is 0.0951. The van der Waals surface area contributed by atoms with Crippen LogP contribution in [0.1, 0.15) is 15.9 Å². The van der Waals surface area contributed by atoms with Gasteiger partial charge in [0.2, 0.25) is 6.79 Å². The first-order valence-corrected chi connectivity index (χ1v) is 8.12. The summed E-state index contributed by atoms with van der Waals surface area (Å²) in [6.07, 6.45) is 0. The van der Waals surface area contributed by atoms with Crippen LogP contribution in [0.5, 0.6) is 11.5 Å². The molecule has 3 aromatic carbocycles. The van der Waals surface area contributed by atoms with Crippen molar-refractivity contribution in [2.45, 2.75) is 6.54 Å². The number of hydrogen-bond acceptors (Lipinski definition) is 3. The summed E-state index contributed by atoms with van der Waals surface area (Å²) in [6, 6.07) is 23.2. The number of carbonyl (C=O) groups excluding carboxylic acids is 1. The van der Waals surface area contributed by atoms with E-state index in [0.717, 1.165) is 28.2 Å². The highest BCUT2D eigenvalue weighted by molar-refractivity contribution is 6.00. The molecule has 0 atom stereocenters. The Morgan fingerprint density at radius 3 is 2.52 bits per heavy atom. The average molecular weight is 331 g/mol. The molecule has 25 heavy (non-hydrogen) atoms. The van der Waals surface area contributed by atoms with E-state index in [9.17, 15) is 4.79 Å². The molecular formula is C21H17NO3. The fraction of sp³-hybridized carbons (Fsp3) is 0.0952. The van der Waals surface area contributed by atoms with Gasteiger partial charge in [-0.25, -0.2) is 0 Å². The zero-order valence-corrected chi connectivity index (χ0v) is 13.6. The second-order valence-corrected chi connectivity index (χ2v) is 5.78. The Hall–Kier alpha value is -3.27. The standard InChI is InChI=1S/C21H17NO3/c23-21(22-13-15-10-11-19-20(12-15)25-14-24-19)18-9-5-4-8-17(18)16-6-2-1-3-7-16/h1-12H,13-14H2,(H,22,23). The van der Waals surface area contributed by atoms with Crippen molar-refractivity contribution in [3.8, 4) is 22.6 Å². The Morgan fingerprint density at radius 2 is 1.64 bits per heavy atom. The molecule has 1 heterocycles. The van der Waals surface area contributed by atoms with Crippen molar-refractivity contribution in [1.82, 2.24) is 5.32 Å². The average Bonchev–Trinajstić information content (AvgIpc) is 3.14. The van der Waals surface area contributed by atoms with Gasteiger partial charge in [0.25, 0.3) is 5.91 Å². The van der Waals surface area contributed by atoms with E-state index in [1.807, 2.05) is 72.8 Å². The van der Waals surface area contributed by atoms with Gasteiger partial charge >= 0.3 is 0 Å². The zero-order valence-electron chi connectivity index (χ0n) is 13.6. The van der Waals surface area contributed by atoms with E-state index in [1.54, 1.807) is 0 Å². The Balaban J connectivity index is 1.52. The van der Waals surface area contributed by atoms with Gasteiger partial charge < -0.3 is 14.8 Å². The van der Waals surface area contributed by atoms with Crippen LogP contribution >= 0.6 is 0 Å². The Bertz CT molecular complexity index is 906. The van der Waals surface area contributed by atoms with E-state index in [1.165, 1.54) is 0 Å². The van der Waals surface area contributed by atoms with Crippen molar-refractivity contribution >= 4 is 5.91 Å². The van der Waals surface area contributed by atoms with Gasteiger partial charge in [-0.2, -0.15) is 0 Å². The van der Waals surface area contributed by atoms with E-state index < -0.39 is 0 Å². The van der Waals surface area contributed by atoms with Gasteiger partial charge in [0.1, 0.15) is 0 Å². The predicted octanol–water partition coefficient (Wildman–Crippen LogP) is 4.01. The predicted molar refractivity (Wildman–Crippen MR) is 95.6 cm³/mol. The molecule has 0 radical (unpaired) electrons. The maximum atomic E-state index is 12.7. The van der Waals surface area contributed by atoms with Crippen molar-refractivity contribution in [3.63, 3.8) is 0 Å². The summed E-state index contributed by atoms with van der Waals surface area (Å²) >= 11 is 0. The van der Waals surface area contributed by atoms with Crippen LogP contribution in [0.4, 0.5) is 0 Å². The van der Waals surface area contributed by atoms with Crippen LogP contribution in [0, 0.1) is 0 Å². The van der Waals surface area contributed by atoms with Gasteiger partial charge in [0.05, 0.1) is 0 Å². The summed E-state index contributed by atoms with van der Waals surface area (Å²) in [5.41, 5.74) is 3.58. The quantitative estimate of drug-likeness (QED) is 0.786. The summed E-state index contributed by atoms with van der Waals surface area (Å²) in [5.74, 6) is 1.36. The minimum absolute atomic E-state index is 0.0999. The lowest BCUT2D eigenvalue weighted by Crippen LogP contribution is -2.23. The molecule has 4 heteroatoms. The van der Waals surface area contributed by atoms with Crippen molar-refractivity contribution < 1.29 is 14.3 Å². The number of benzene rings is 3. The third-order valence-electron chi connectivity index (χ3n) is 4.15. The fourth-order valence-corrected chi connectivity index (χ4v) is 2.88. The maximum Gasteiger partial charge on any atom is 0.252 e. The maximum absolute atomic E-state index is 12.7. The molecule has 0 saturated heterocycles. The summed E-state index contributed by atoms with van der Waals surface area (Å²) < 4.78 is 10.7. The van der Waals surface area contributed by atoms with Crippen molar-refractivity contribution in [3.05, 3.63) is 83.9 Å². The van der Waals surface area contributed by atoms with Gasteiger partial charge in [-0.05, 0) is 34.9 Å². The monoisotopic (exact) mass is 331 g/mol. The number of hydrogen-bond donors (Lipinski definition) is 1. The molecule has 4 rings (SSSR count). The molecule has 124 valence electrons. The van der Waals surface area contributed by atoms with Crippen molar-refractivity contribution in [2.75, 3.05) is 6.79 Å². The third kappa shape index (κ3) is 3.19. The van der Waals surface area contributed by atoms with Crippen molar-refractivity contribution in [2.24, 2.45) is 0 Å². The van der Waals surface area contributed by atoms with Gasteiger partial charge in [0, 0.05) is 12.1 Å². The lowest BCUT2D eigenvalue weighted by Gasteiger charge is -2.11. The Kier molecular flexibility index (Phi) is 4.09. The molecule has 0 bridgehead atoms. The van der Waals surface area contributed by atoms with E-state index in [4.69, 9.17) is 9.47 Å². The molecule has 1 N–H and O–H groups in total. The van der Waals surface area contributed by atoms with E-state index in [0.29, 0.717) is 12.1 Å². The number of rotatable bonds is 4. The molecule has 0 aromatic heterocycles. The van der Waals surface area contributed by atoms with Crippen LogP contribution in [-0.4, -0.2) is 12.7 Å². The summed E-state index contributed by atoms with van der Waals surface area (Å²) in [6.45, 7) is 0.675. The first-order chi connectivity index (χ1) is 12.3. The van der Waals surface area contributed by atoms with E-state index in [-0.39, 0.29) is 12.7 Å². The van der Waals surface area contributed by atoms with Crippen LogP contribution in [0.25, 0.3) is 11.1 Å². The van der Waals surface area contributed by atoms with Gasteiger partial charge in [0.15, 0.2) is 11.5 Å². The minimum atomic E-state index is -0.0999. The van der Waals surface area contributed by atoms with Crippen LogP contribution < -0.4 is 14.8 Å². The smallest absolute Gasteiger partial charge is 0.252 e. The molecule has 0 unspecified atom stereocenters. The Labute approximate surface area is 146 Å². The number of amides is 1. The van der Waals surface area contributed by atoms with Crippen LogP contribution in [0.15, 0.2) is 72.8 Å². The minimum Gasteiger partial charge on any atom is -0.454 e. The molecule has 3 aromatic rings. The van der Waals surface area contributed by atoms with Gasteiger partial charge in [-0.3, -0.25) is 4.79 Å². The molecule has 0 saturated carbocycles. The van der Waals surface area contributed by atoms with E-state index >= 15 is 0 Å². The lowest BCUT2D eigenvalue weighted by atomic mass is 9.99. The number of nitrogens with one attached hydrogen (secondary N) is 1. The van der Waals surface area contributed by atoms with Crippen LogP contribution in [0.3, 0.4) is 0 Å². The molecule has 1 amide bonds. The molecule has 0 aliphatic carbocycles.